The van der Waals surface area contributed by atoms with Gasteiger partial charge in [0.1, 0.15) is 0 Å². The molecule has 0 saturated carbocycles. The zero-order valence-corrected chi connectivity index (χ0v) is 15.2. The molecule has 7 nitrogen and oxygen atoms in total. The van der Waals surface area contributed by atoms with Crippen molar-refractivity contribution in [2.45, 2.75) is 4.90 Å². The molecule has 0 aliphatic rings. The van der Waals surface area contributed by atoms with Gasteiger partial charge in [0, 0.05) is 32.7 Å². The molecule has 0 aliphatic carbocycles. The van der Waals surface area contributed by atoms with Gasteiger partial charge in [-0.3, -0.25) is 9.59 Å². The summed E-state index contributed by atoms with van der Waals surface area (Å²) in [6.07, 6.45) is 0. The van der Waals surface area contributed by atoms with E-state index >= 15 is 0 Å². The first-order chi connectivity index (χ1) is 10.1. The molecular formula is C13H18BrN3O4S. The first-order valence-electron chi connectivity index (χ1n) is 6.27. The standard InChI is InChI=1S/C13H18BrN3O4S/c1-16(2)12(18)8-15-13(19)10-7-9(5-6-11(10)14)22(20,21)17(3)4/h5-7H,8H2,1-4H3,(H,15,19). The van der Waals surface area contributed by atoms with Gasteiger partial charge in [-0.05, 0) is 34.1 Å². The highest BCUT2D eigenvalue weighted by Crippen LogP contribution is 2.22. The van der Waals surface area contributed by atoms with Gasteiger partial charge in [0.05, 0.1) is 17.0 Å². The monoisotopic (exact) mass is 391 g/mol. The van der Waals surface area contributed by atoms with Gasteiger partial charge >= 0.3 is 0 Å². The molecule has 2 amide bonds. The van der Waals surface area contributed by atoms with Crippen molar-refractivity contribution >= 4 is 37.8 Å². The van der Waals surface area contributed by atoms with Crippen LogP contribution in [0.3, 0.4) is 0 Å². The predicted octanol–water partition coefficient (Wildman–Crippen LogP) is 0.517. The Morgan fingerprint density at radius 2 is 1.77 bits per heavy atom. The van der Waals surface area contributed by atoms with Gasteiger partial charge in [0.15, 0.2) is 0 Å². The van der Waals surface area contributed by atoms with Crippen molar-refractivity contribution in [2.75, 3.05) is 34.7 Å². The molecule has 1 N–H and O–H groups in total. The molecule has 0 aromatic heterocycles. The van der Waals surface area contributed by atoms with Crippen LogP contribution < -0.4 is 5.32 Å². The smallest absolute Gasteiger partial charge is 0.252 e. The minimum absolute atomic E-state index is 0.00443. The van der Waals surface area contributed by atoms with Gasteiger partial charge in [-0.1, -0.05) is 0 Å². The van der Waals surface area contributed by atoms with Crippen molar-refractivity contribution in [3.05, 3.63) is 28.2 Å². The Bertz CT molecular complexity index is 687. The van der Waals surface area contributed by atoms with E-state index < -0.39 is 15.9 Å². The number of carbonyl (C=O) groups is 2. The van der Waals surface area contributed by atoms with Crippen LogP contribution in [0.4, 0.5) is 0 Å². The van der Waals surface area contributed by atoms with E-state index in [1.54, 1.807) is 14.1 Å². The molecular weight excluding hydrogens is 374 g/mol. The predicted molar refractivity (Wildman–Crippen MR) is 86.0 cm³/mol. The average Bonchev–Trinajstić information content (AvgIpc) is 2.44. The summed E-state index contributed by atoms with van der Waals surface area (Å²) in [7, 11) is 2.34. The number of sulfonamides is 1. The summed E-state index contributed by atoms with van der Waals surface area (Å²) in [5, 5.41) is 2.46. The second-order valence-corrected chi connectivity index (χ2v) is 7.91. The lowest BCUT2D eigenvalue weighted by atomic mass is 10.2. The van der Waals surface area contributed by atoms with Crippen LogP contribution in [-0.4, -0.2) is 64.2 Å². The van der Waals surface area contributed by atoms with Crippen LogP contribution in [0.15, 0.2) is 27.6 Å². The lowest BCUT2D eigenvalue weighted by Crippen LogP contribution is -2.36. The quantitative estimate of drug-likeness (QED) is 0.792. The molecule has 0 fully saturated rings. The first kappa shape index (κ1) is 18.6. The van der Waals surface area contributed by atoms with E-state index in [1.165, 1.54) is 37.2 Å². The highest BCUT2D eigenvalue weighted by molar-refractivity contribution is 9.10. The molecule has 1 rings (SSSR count). The number of hydrogen-bond acceptors (Lipinski definition) is 4. The van der Waals surface area contributed by atoms with Crippen molar-refractivity contribution < 1.29 is 18.0 Å². The number of benzene rings is 1. The van der Waals surface area contributed by atoms with Crippen LogP contribution in [-0.2, 0) is 14.8 Å². The number of hydrogen-bond donors (Lipinski definition) is 1. The number of nitrogens with one attached hydrogen (secondary N) is 1. The molecule has 0 radical (unpaired) electrons. The van der Waals surface area contributed by atoms with Gasteiger partial charge < -0.3 is 10.2 Å². The van der Waals surface area contributed by atoms with Crippen LogP contribution in [0.1, 0.15) is 10.4 Å². The van der Waals surface area contributed by atoms with Gasteiger partial charge in [0.25, 0.3) is 5.91 Å². The number of nitrogens with zero attached hydrogens (tertiary/aromatic N) is 2. The normalized spacial score (nSPS) is 11.4. The topological polar surface area (TPSA) is 86.8 Å². The average molecular weight is 392 g/mol. The summed E-state index contributed by atoms with van der Waals surface area (Å²) in [4.78, 5) is 25.0. The number of halogens is 1. The van der Waals surface area contributed by atoms with Gasteiger partial charge in [-0.15, -0.1) is 0 Å². The van der Waals surface area contributed by atoms with Crippen molar-refractivity contribution in [3.63, 3.8) is 0 Å². The second-order valence-electron chi connectivity index (χ2n) is 4.90. The van der Waals surface area contributed by atoms with Crippen LogP contribution >= 0.6 is 15.9 Å². The zero-order chi connectivity index (χ0) is 17.1. The van der Waals surface area contributed by atoms with E-state index in [4.69, 9.17) is 0 Å². The van der Waals surface area contributed by atoms with E-state index in [0.717, 1.165) is 4.31 Å². The molecule has 22 heavy (non-hydrogen) atoms. The molecule has 0 bridgehead atoms. The van der Waals surface area contributed by atoms with Gasteiger partial charge in [0.2, 0.25) is 15.9 Å². The van der Waals surface area contributed by atoms with E-state index in [-0.39, 0.29) is 22.9 Å². The molecule has 122 valence electrons. The maximum absolute atomic E-state index is 12.1. The maximum atomic E-state index is 12.1. The van der Waals surface area contributed by atoms with E-state index in [0.29, 0.717) is 4.47 Å². The molecule has 9 heteroatoms. The Hall–Kier alpha value is -1.45. The second kappa shape index (κ2) is 7.21. The fourth-order valence-corrected chi connectivity index (χ4v) is 2.81. The number of rotatable bonds is 5. The lowest BCUT2D eigenvalue weighted by molar-refractivity contribution is -0.127. The van der Waals surface area contributed by atoms with Gasteiger partial charge in [-0.2, -0.15) is 0 Å². The SMILES string of the molecule is CN(C)C(=O)CNC(=O)c1cc(S(=O)(=O)N(C)C)ccc1Br. The Labute approximate surface area is 138 Å². The number of carbonyl (C=O) groups excluding carboxylic acids is 2. The molecule has 0 saturated heterocycles. The van der Waals surface area contributed by atoms with Gasteiger partial charge in [-0.25, -0.2) is 12.7 Å². The zero-order valence-electron chi connectivity index (χ0n) is 12.8. The van der Waals surface area contributed by atoms with Crippen molar-refractivity contribution in [2.24, 2.45) is 0 Å². The Morgan fingerprint density at radius 3 is 2.27 bits per heavy atom. The molecule has 0 spiro atoms. The maximum Gasteiger partial charge on any atom is 0.252 e. The Balaban J connectivity index is 3.05. The largest absolute Gasteiger partial charge is 0.347 e. The molecule has 0 atom stereocenters. The van der Waals surface area contributed by atoms with E-state index in [1.807, 2.05) is 0 Å². The van der Waals surface area contributed by atoms with Crippen molar-refractivity contribution in [3.8, 4) is 0 Å². The van der Waals surface area contributed by atoms with Crippen LogP contribution in [0.5, 0.6) is 0 Å². The molecule has 1 aromatic carbocycles. The first-order valence-corrected chi connectivity index (χ1v) is 8.51. The van der Waals surface area contributed by atoms with E-state index in [2.05, 4.69) is 21.2 Å². The summed E-state index contributed by atoms with van der Waals surface area (Å²) in [5.74, 6) is -0.792. The summed E-state index contributed by atoms with van der Waals surface area (Å²) < 4.78 is 25.7. The minimum Gasteiger partial charge on any atom is -0.347 e. The summed E-state index contributed by atoms with van der Waals surface area (Å²) >= 11 is 3.21. The summed E-state index contributed by atoms with van der Waals surface area (Å²) in [5.41, 5.74) is 0.148. The van der Waals surface area contributed by atoms with Crippen LogP contribution in [0, 0.1) is 0 Å². The summed E-state index contributed by atoms with van der Waals surface area (Å²) in [6.45, 7) is -0.164. The van der Waals surface area contributed by atoms with E-state index in [9.17, 15) is 18.0 Å². The summed E-state index contributed by atoms with van der Waals surface area (Å²) in [6, 6.07) is 4.16. The Kier molecular flexibility index (Phi) is 6.09. The third-order valence-electron chi connectivity index (χ3n) is 2.86. The Morgan fingerprint density at radius 1 is 1.18 bits per heavy atom. The number of likely N-dealkylation sites (N-methyl/N-ethyl adjacent to an activating group) is 1. The highest BCUT2D eigenvalue weighted by Gasteiger charge is 2.20. The molecule has 0 unspecified atom stereocenters. The lowest BCUT2D eigenvalue weighted by Gasteiger charge is -2.14. The third kappa shape index (κ3) is 4.28. The fraction of sp³-hybridized carbons (Fsp3) is 0.385. The number of amides is 2. The van der Waals surface area contributed by atoms with Crippen molar-refractivity contribution in [1.29, 1.82) is 0 Å². The highest BCUT2D eigenvalue weighted by atomic mass is 79.9. The molecule has 1 aromatic rings. The van der Waals surface area contributed by atoms with Crippen LogP contribution in [0.2, 0.25) is 0 Å². The molecule has 0 heterocycles. The minimum atomic E-state index is -3.64. The van der Waals surface area contributed by atoms with Crippen LogP contribution in [0.25, 0.3) is 0 Å². The molecule has 0 aliphatic heterocycles. The van der Waals surface area contributed by atoms with Crippen molar-refractivity contribution in [1.82, 2.24) is 14.5 Å². The fourth-order valence-electron chi connectivity index (χ4n) is 1.46. The third-order valence-corrected chi connectivity index (χ3v) is 5.36.